The lowest BCUT2D eigenvalue weighted by Gasteiger charge is -2.25. The van der Waals surface area contributed by atoms with Crippen molar-refractivity contribution in [2.24, 2.45) is 0 Å². The highest BCUT2D eigenvalue weighted by molar-refractivity contribution is 5.87. The van der Waals surface area contributed by atoms with Gasteiger partial charge in [-0.05, 0) is 46.3 Å². The van der Waals surface area contributed by atoms with E-state index in [4.69, 9.17) is 23.7 Å². The van der Waals surface area contributed by atoms with Gasteiger partial charge in [0.05, 0.1) is 12.7 Å². The van der Waals surface area contributed by atoms with E-state index in [1.807, 2.05) is 58.0 Å². The summed E-state index contributed by atoms with van der Waals surface area (Å²) in [4.78, 5) is 12.1. The summed E-state index contributed by atoms with van der Waals surface area (Å²) in [6.45, 7) is 9.45. The van der Waals surface area contributed by atoms with Crippen LogP contribution in [0.3, 0.4) is 0 Å². The Morgan fingerprint density at radius 2 is 1.93 bits per heavy atom. The maximum atomic E-state index is 12.1. The molecule has 2 saturated heterocycles. The molecule has 6 nitrogen and oxygen atoms in total. The van der Waals surface area contributed by atoms with E-state index in [0.717, 1.165) is 5.56 Å². The first-order valence-corrected chi connectivity index (χ1v) is 9.31. The van der Waals surface area contributed by atoms with Crippen molar-refractivity contribution in [1.29, 1.82) is 0 Å². The van der Waals surface area contributed by atoms with E-state index in [9.17, 15) is 4.79 Å². The molecule has 27 heavy (non-hydrogen) atoms. The Balaban J connectivity index is 1.74. The summed E-state index contributed by atoms with van der Waals surface area (Å²) in [5.41, 5.74) is 1.53. The van der Waals surface area contributed by atoms with Crippen LogP contribution in [0.4, 0.5) is 0 Å². The highest BCUT2D eigenvalue weighted by Gasteiger charge is 2.54. The Morgan fingerprint density at radius 3 is 2.59 bits per heavy atom. The van der Waals surface area contributed by atoms with Gasteiger partial charge in [0.25, 0.3) is 0 Å². The molecular weight excluding hydrogens is 348 g/mol. The quantitative estimate of drug-likeness (QED) is 0.560. The van der Waals surface area contributed by atoms with E-state index in [2.05, 4.69) is 0 Å². The molecule has 0 amide bonds. The second-order valence-corrected chi connectivity index (χ2v) is 7.63. The summed E-state index contributed by atoms with van der Waals surface area (Å²) >= 11 is 0. The van der Waals surface area contributed by atoms with Crippen molar-refractivity contribution in [3.8, 4) is 0 Å². The van der Waals surface area contributed by atoms with Crippen molar-refractivity contribution in [3.05, 3.63) is 47.5 Å². The molecule has 0 spiro atoms. The van der Waals surface area contributed by atoms with Gasteiger partial charge in [-0.15, -0.1) is 0 Å². The largest absolute Gasteiger partial charge is 0.460 e. The van der Waals surface area contributed by atoms with Crippen LogP contribution in [0.25, 0.3) is 0 Å². The first-order valence-electron chi connectivity index (χ1n) is 9.31. The predicted molar refractivity (Wildman–Crippen MR) is 98.7 cm³/mol. The number of fused-ring (bicyclic) bond motifs is 1. The minimum absolute atomic E-state index is 0.178. The van der Waals surface area contributed by atoms with Gasteiger partial charge < -0.3 is 23.7 Å². The van der Waals surface area contributed by atoms with Gasteiger partial charge in [0.1, 0.15) is 18.3 Å². The first kappa shape index (κ1) is 20.0. The number of ether oxygens (including phenoxy) is 5. The van der Waals surface area contributed by atoms with Gasteiger partial charge in [-0.1, -0.05) is 30.3 Å². The topological polar surface area (TPSA) is 63.2 Å². The molecule has 1 aromatic rings. The Bertz CT molecular complexity index is 681. The van der Waals surface area contributed by atoms with Crippen LogP contribution in [0.2, 0.25) is 0 Å². The third-order valence-electron chi connectivity index (χ3n) is 4.39. The zero-order valence-electron chi connectivity index (χ0n) is 16.5. The second kappa shape index (κ2) is 8.10. The molecule has 0 aromatic heterocycles. The highest BCUT2D eigenvalue weighted by atomic mass is 16.8. The van der Waals surface area contributed by atoms with Gasteiger partial charge in [0, 0.05) is 5.57 Å². The zero-order valence-corrected chi connectivity index (χ0v) is 16.5. The molecule has 1 aromatic carbocycles. The standard InChI is InChI=1S/C21H28O6/c1-13(2)24-19(22)14(3)11-16-17(23-12-15-9-7-6-8-10-15)18-20(25-16)27-21(4,5)26-18/h6-11,13,16-18,20H,12H2,1-5H3/b14-11+/t16-,17+,18-,20-/m1/s1. The summed E-state index contributed by atoms with van der Waals surface area (Å²) < 4.78 is 29.2. The second-order valence-electron chi connectivity index (χ2n) is 7.63. The lowest BCUT2D eigenvalue weighted by molar-refractivity contribution is -0.213. The zero-order chi connectivity index (χ0) is 19.6. The summed E-state index contributed by atoms with van der Waals surface area (Å²) in [6, 6.07) is 9.89. The first-order chi connectivity index (χ1) is 12.7. The van der Waals surface area contributed by atoms with E-state index in [-0.39, 0.29) is 18.2 Å². The van der Waals surface area contributed by atoms with E-state index in [1.54, 1.807) is 13.0 Å². The minimum Gasteiger partial charge on any atom is -0.460 e. The normalized spacial score (nSPS) is 29.8. The SMILES string of the molecule is C/C(=C\[C@H]1O[C@@H]2OC(C)(C)O[C@@H]2[C@H]1OCc1ccccc1)C(=O)OC(C)C. The molecule has 3 rings (SSSR count). The van der Waals surface area contributed by atoms with Gasteiger partial charge in [0.15, 0.2) is 12.1 Å². The molecule has 4 atom stereocenters. The molecule has 0 saturated carbocycles. The van der Waals surface area contributed by atoms with Crippen LogP contribution >= 0.6 is 0 Å². The molecule has 2 heterocycles. The summed E-state index contributed by atoms with van der Waals surface area (Å²) in [5, 5.41) is 0. The third-order valence-corrected chi connectivity index (χ3v) is 4.39. The van der Waals surface area contributed by atoms with Crippen molar-refractivity contribution < 1.29 is 28.5 Å². The van der Waals surface area contributed by atoms with Crippen LogP contribution in [-0.4, -0.2) is 42.5 Å². The summed E-state index contributed by atoms with van der Waals surface area (Å²) in [7, 11) is 0. The smallest absolute Gasteiger partial charge is 0.333 e. The monoisotopic (exact) mass is 376 g/mol. The van der Waals surface area contributed by atoms with Gasteiger partial charge in [0.2, 0.25) is 0 Å². The van der Waals surface area contributed by atoms with E-state index in [0.29, 0.717) is 12.2 Å². The predicted octanol–water partition coefficient (Wildman–Crippen LogP) is 3.35. The molecular formula is C21H28O6. The van der Waals surface area contributed by atoms with Crippen LogP contribution in [-0.2, 0) is 35.1 Å². The minimum atomic E-state index is -0.732. The Hall–Kier alpha value is -1.73. The van der Waals surface area contributed by atoms with Gasteiger partial charge in [-0.3, -0.25) is 0 Å². The van der Waals surface area contributed by atoms with E-state index < -0.39 is 24.3 Å². The summed E-state index contributed by atoms with van der Waals surface area (Å²) in [5.74, 6) is -1.10. The number of carbonyl (C=O) groups excluding carboxylic acids is 1. The molecule has 148 valence electrons. The average Bonchev–Trinajstić information content (AvgIpc) is 3.04. The van der Waals surface area contributed by atoms with Crippen molar-refractivity contribution >= 4 is 5.97 Å². The maximum Gasteiger partial charge on any atom is 0.333 e. The molecule has 0 bridgehead atoms. The molecule has 2 aliphatic heterocycles. The van der Waals surface area contributed by atoms with Gasteiger partial charge in [-0.25, -0.2) is 4.79 Å². The number of benzene rings is 1. The van der Waals surface area contributed by atoms with Gasteiger partial charge >= 0.3 is 5.97 Å². The van der Waals surface area contributed by atoms with E-state index >= 15 is 0 Å². The van der Waals surface area contributed by atoms with Crippen LogP contribution in [0.5, 0.6) is 0 Å². The Labute approximate surface area is 160 Å². The lowest BCUT2D eigenvalue weighted by Crippen LogP contribution is -2.36. The van der Waals surface area contributed by atoms with E-state index in [1.165, 1.54) is 0 Å². The Kier molecular flexibility index (Phi) is 6.01. The number of carbonyl (C=O) groups is 1. The fourth-order valence-corrected chi connectivity index (χ4v) is 3.22. The Morgan fingerprint density at radius 1 is 1.22 bits per heavy atom. The molecule has 0 aliphatic carbocycles. The van der Waals surface area contributed by atoms with Crippen molar-refractivity contribution in [1.82, 2.24) is 0 Å². The van der Waals surface area contributed by atoms with Crippen LogP contribution in [0.1, 0.15) is 40.2 Å². The van der Waals surface area contributed by atoms with Crippen LogP contribution in [0.15, 0.2) is 42.0 Å². The number of esters is 1. The lowest BCUT2D eigenvalue weighted by atomic mass is 10.1. The number of hydrogen-bond donors (Lipinski definition) is 0. The van der Waals surface area contributed by atoms with Crippen molar-refractivity contribution in [3.63, 3.8) is 0 Å². The summed E-state index contributed by atoms with van der Waals surface area (Å²) in [6.07, 6.45) is -0.186. The highest BCUT2D eigenvalue weighted by Crippen LogP contribution is 2.39. The molecule has 0 N–H and O–H groups in total. The molecule has 2 fully saturated rings. The fraction of sp³-hybridized carbons (Fsp3) is 0.571. The third kappa shape index (κ3) is 4.96. The molecule has 0 radical (unpaired) electrons. The molecule has 6 heteroatoms. The van der Waals surface area contributed by atoms with Crippen molar-refractivity contribution in [2.45, 2.75) is 77.7 Å². The van der Waals surface area contributed by atoms with Gasteiger partial charge in [-0.2, -0.15) is 0 Å². The molecule has 0 unspecified atom stereocenters. The molecule has 2 aliphatic rings. The fourth-order valence-electron chi connectivity index (χ4n) is 3.22. The maximum absolute atomic E-state index is 12.1. The van der Waals surface area contributed by atoms with Crippen LogP contribution in [0, 0.1) is 0 Å². The number of rotatable bonds is 6. The average molecular weight is 376 g/mol. The van der Waals surface area contributed by atoms with Crippen LogP contribution < -0.4 is 0 Å². The van der Waals surface area contributed by atoms with Crippen molar-refractivity contribution in [2.75, 3.05) is 0 Å². The number of hydrogen-bond acceptors (Lipinski definition) is 6.